The van der Waals surface area contributed by atoms with Crippen molar-refractivity contribution in [2.75, 3.05) is 56.7 Å². The Morgan fingerprint density at radius 1 is 1.07 bits per heavy atom. The summed E-state index contributed by atoms with van der Waals surface area (Å²) in [6.07, 6.45) is 0. The van der Waals surface area contributed by atoms with Crippen LogP contribution < -0.4 is 15.0 Å². The molecule has 30 heavy (non-hydrogen) atoms. The Labute approximate surface area is 175 Å². The van der Waals surface area contributed by atoms with Gasteiger partial charge in [0.05, 0.1) is 24.0 Å². The second-order valence-electron chi connectivity index (χ2n) is 6.94. The SMILES string of the molecule is CCN1CCN(c2ccc(C(=O)OC)cc2NC(=O)COc2ccc(F)cc2)CC1. The van der Waals surface area contributed by atoms with Crippen LogP contribution in [0.1, 0.15) is 17.3 Å². The van der Waals surface area contributed by atoms with E-state index in [2.05, 4.69) is 22.0 Å². The lowest BCUT2D eigenvalue weighted by Crippen LogP contribution is -2.46. The largest absolute Gasteiger partial charge is 0.484 e. The Bertz CT molecular complexity index is 880. The van der Waals surface area contributed by atoms with Gasteiger partial charge in [0.2, 0.25) is 0 Å². The Morgan fingerprint density at radius 3 is 2.40 bits per heavy atom. The standard InChI is InChI=1S/C22H26FN3O4/c1-3-25-10-12-26(13-11-25)20-9-4-16(22(28)29-2)14-19(20)24-21(27)15-30-18-7-5-17(23)6-8-18/h4-9,14H,3,10-13,15H2,1-2H3,(H,24,27). The molecule has 3 rings (SSSR count). The van der Waals surface area contributed by atoms with Gasteiger partial charge in [-0.15, -0.1) is 0 Å². The maximum absolute atomic E-state index is 13.0. The zero-order valence-corrected chi connectivity index (χ0v) is 17.2. The van der Waals surface area contributed by atoms with E-state index in [0.717, 1.165) is 38.4 Å². The summed E-state index contributed by atoms with van der Waals surface area (Å²) in [6, 6.07) is 10.6. The summed E-state index contributed by atoms with van der Waals surface area (Å²) in [5.41, 5.74) is 1.72. The number of hydrogen-bond acceptors (Lipinski definition) is 6. The maximum atomic E-state index is 13.0. The first kappa shape index (κ1) is 21.6. The van der Waals surface area contributed by atoms with Gasteiger partial charge in [-0.2, -0.15) is 0 Å². The molecule has 0 aliphatic carbocycles. The average molecular weight is 415 g/mol. The Kier molecular flexibility index (Phi) is 7.24. The fourth-order valence-electron chi connectivity index (χ4n) is 3.33. The van der Waals surface area contributed by atoms with E-state index in [1.54, 1.807) is 12.1 Å². The Hall–Kier alpha value is -3.13. The molecule has 1 saturated heterocycles. The highest BCUT2D eigenvalue weighted by Gasteiger charge is 2.20. The van der Waals surface area contributed by atoms with Crippen LogP contribution in [0.3, 0.4) is 0 Å². The summed E-state index contributed by atoms with van der Waals surface area (Å²) in [5.74, 6) is -0.838. The lowest BCUT2D eigenvalue weighted by molar-refractivity contribution is -0.118. The molecular formula is C22H26FN3O4. The lowest BCUT2D eigenvalue weighted by atomic mass is 10.1. The molecule has 7 nitrogen and oxygen atoms in total. The normalized spacial score (nSPS) is 14.3. The molecule has 0 saturated carbocycles. The fraction of sp³-hybridized carbons (Fsp3) is 0.364. The molecule has 1 amide bonds. The van der Waals surface area contributed by atoms with Crippen molar-refractivity contribution in [3.05, 3.63) is 53.8 Å². The highest BCUT2D eigenvalue weighted by atomic mass is 19.1. The number of ether oxygens (including phenoxy) is 2. The molecule has 1 N–H and O–H groups in total. The molecular weight excluding hydrogens is 389 g/mol. The summed E-state index contributed by atoms with van der Waals surface area (Å²) >= 11 is 0. The third-order valence-corrected chi connectivity index (χ3v) is 5.04. The number of carbonyl (C=O) groups is 2. The number of anilines is 2. The number of hydrogen-bond donors (Lipinski definition) is 1. The summed E-state index contributed by atoms with van der Waals surface area (Å²) in [7, 11) is 1.31. The van der Waals surface area contributed by atoms with E-state index in [-0.39, 0.29) is 18.3 Å². The van der Waals surface area contributed by atoms with E-state index in [9.17, 15) is 14.0 Å². The minimum Gasteiger partial charge on any atom is -0.484 e. The van der Waals surface area contributed by atoms with Gasteiger partial charge in [-0.25, -0.2) is 9.18 Å². The number of nitrogens with one attached hydrogen (secondary N) is 1. The third kappa shape index (κ3) is 5.48. The maximum Gasteiger partial charge on any atom is 0.337 e. The van der Waals surface area contributed by atoms with Crippen molar-refractivity contribution in [2.45, 2.75) is 6.92 Å². The van der Waals surface area contributed by atoms with Crippen LogP contribution >= 0.6 is 0 Å². The molecule has 0 aromatic heterocycles. The van der Waals surface area contributed by atoms with Crippen molar-refractivity contribution >= 4 is 23.3 Å². The number of rotatable bonds is 7. The van der Waals surface area contributed by atoms with E-state index in [0.29, 0.717) is 17.0 Å². The molecule has 0 unspecified atom stereocenters. The molecule has 160 valence electrons. The summed E-state index contributed by atoms with van der Waals surface area (Å²) in [5, 5.41) is 2.83. The second-order valence-corrected chi connectivity index (χ2v) is 6.94. The topological polar surface area (TPSA) is 71.1 Å². The van der Waals surface area contributed by atoms with E-state index in [1.165, 1.54) is 31.4 Å². The molecule has 1 aliphatic heterocycles. The minimum atomic E-state index is -0.476. The zero-order chi connectivity index (χ0) is 21.5. The van der Waals surface area contributed by atoms with Gasteiger partial charge in [-0.05, 0) is 49.0 Å². The van der Waals surface area contributed by atoms with Gasteiger partial charge >= 0.3 is 5.97 Å². The highest BCUT2D eigenvalue weighted by molar-refractivity contribution is 5.98. The quantitative estimate of drug-likeness (QED) is 0.702. The lowest BCUT2D eigenvalue weighted by Gasteiger charge is -2.36. The van der Waals surface area contributed by atoms with E-state index in [1.807, 2.05) is 6.07 Å². The fourth-order valence-corrected chi connectivity index (χ4v) is 3.33. The Morgan fingerprint density at radius 2 is 1.77 bits per heavy atom. The number of benzene rings is 2. The van der Waals surface area contributed by atoms with Gasteiger partial charge in [-0.1, -0.05) is 6.92 Å². The van der Waals surface area contributed by atoms with E-state index >= 15 is 0 Å². The van der Waals surface area contributed by atoms with Crippen LogP contribution in [0.4, 0.5) is 15.8 Å². The molecule has 0 atom stereocenters. The molecule has 2 aromatic carbocycles. The summed E-state index contributed by atoms with van der Waals surface area (Å²) < 4.78 is 23.2. The monoisotopic (exact) mass is 415 g/mol. The van der Waals surface area contributed by atoms with Crippen LogP contribution in [-0.2, 0) is 9.53 Å². The molecule has 2 aromatic rings. The molecule has 8 heteroatoms. The van der Waals surface area contributed by atoms with Crippen molar-refractivity contribution in [3.8, 4) is 5.75 Å². The van der Waals surface area contributed by atoms with Gasteiger partial charge in [0.15, 0.2) is 6.61 Å². The Balaban J connectivity index is 1.73. The molecule has 1 aliphatic rings. The predicted octanol–water partition coefficient (Wildman–Crippen LogP) is 2.77. The van der Waals surface area contributed by atoms with Gasteiger partial charge in [0.25, 0.3) is 5.91 Å². The van der Waals surface area contributed by atoms with E-state index in [4.69, 9.17) is 9.47 Å². The van der Waals surface area contributed by atoms with Crippen LogP contribution in [0.5, 0.6) is 5.75 Å². The van der Waals surface area contributed by atoms with Gasteiger partial charge in [0.1, 0.15) is 11.6 Å². The van der Waals surface area contributed by atoms with Crippen LogP contribution in [-0.4, -0.2) is 63.2 Å². The first-order valence-electron chi connectivity index (χ1n) is 9.88. The number of methoxy groups -OCH3 is 1. The molecule has 1 fully saturated rings. The average Bonchev–Trinajstić information content (AvgIpc) is 2.78. The predicted molar refractivity (Wildman–Crippen MR) is 113 cm³/mol. The van der Waals surface area contributed by atoms with Crippen LogP contribution in [0.15, 0.2) is 42.5 Å². The van der Waals surface area contributed by atoms with E-state index < -0.39 is 5.97 Å². The number of carbonyl (C=O) groups excluding carboxylic acids is 2. The zero-order valence-electron chi connectivity index (χ0n) is 17.2. The molecule has 0 spiro atoms. The van der Waals surface area contributed by atoms with Crippen molar-refractivity contribution < 1.29 is 23.5 Å². The smallest absolute Gasteiger partial charge is 0.337 e. The molecule has 0 bridgehead atoms. The number of halogens is 1. The van der Waals surface area contributed by atoms with Gasteiger partial charge in [0, 0.05) is 26.2 Å². The number of amides is 1. The van der Waals surface area contributed by atoms with Gasteiger partial charge in [-0.3, -0.25) is 4.79 Å². The summed E-state index contributed by atoms with van der Waals surface area (Å²) in [6.45, 7) is 6.39. The van der Waals surface area contributed by atoms with Crippen LogP contribution in [0, 0.1) is 5.82 Å². The van der Waals surface area contributed by atoms with Gasteiger partial charge < -0.3 is 24.6 Å². The number of nitrogens with zero attached hydrogens (tertiary/aromatic N) is 2. The van der Waals surface area contributed by atoms with Crippen LogP contribution in [0.2, 0.25) is 0 Å². The van der Waals surface area contributed by atoms with Crippen molar-refractivity contribution in [3.63, 3.8) is 0 Å². The van der Waals surface area contributed by atoms with Crippen LogP contribution in [0.25, 0.3) is 0 Å². The first-order valence-corrected chi connectivity index (χ1v) is 9.88. The summed E-state index contributed by atoms with van der Waals surface area (Å²) in [4.78, 5) is 29.0. The number of esters is 1. The van der Waals surface area contributed by atoms with Crippen molar-refractivity contribution in [1.82, 2.24) is 4.90 Å². The second kappa shape index (κ2) is 10.1. The first-order chi connectivity index (χ1) is 14.5. The van der Waals surface area contributed by atoms with Crippen molar-refractivity contribution in [2.24, 2.45) is 0 Å². The highest BCUT2D eigenvalue weighted by Crippen LogP contribution is 2.29. The number of piperazine rings is 1. The molecule has 1 heterocycles. The molecule has 0 radical (unpaired) electrons. The minimum absolute atomic E-state index is 0.239. The third-order valence-electron chi connectivity index (χ3n) is 5.04. The van der Waals surface area contributed by atoms with Crippen molar-refractivity contribution in [1.29, 1.82) is 0 Å². The number of likely N-dealkylation sites (N-methyl/N-ethyl adjacent to an activating group) is 1.